The highest BCUT2D eigenvalue weighted by molar-refractivity contribution is 9.10. The molecule has 0 bridgehead atoms. The van der Waals surface area contributed by atoms with Gasteiger partial charge in [0.1, 0.15) is 0 Å². The Kier molecular flexibility index (Phi) is 3.89. The zero-order chi connectivity index (χ0) is 10.7. The molecule has 0 aliphatic carbocycles. The molecule has 0 aliphatic rings. The molecule has 78 valence electrons. The zero-order valence-corrected chi connectivity index (χ0v) is 10.2. The number of hydrogen-bond acceptors (Lipinski definition) is 2. The number of methoxy groups -OCH3 is 1. The van der Waals surface area contributed by atoms with Crippen LogP contribution in [0.25, 0.3) is 0 Å². The minimum Gasteiger partial charge on any atom is -0.383 e. The summed E-state index contributed by atoms with van der Waals surface area (Å²) < 4.78 is 7.72. The molecule has 1 aromatic heterocycles. The third-order valence-corrected chi connectivity index (χ3v) is 3.16. The smallest absolute Gasteiger partial charge is 0.195 e. The van der Waals surface area contributed by atoms with Crippen LogP contribution in [-0.2, 0) is 4.74 Å². The van der Waals surface area contributed by atoms with Crippen LogP contribution in [0, 0.1) is 6.92 Å². The van der Waals surface area contributed by atoms with Crippen molar-refractivity contribution < 1.29 is 4.74 Å². The van der Waals surface area contributed by atoms with Crippen LogP contribution >= 0.6 is 15.9 Å². The molecule has 0 saturated heterocycles. The number of rotatable bonds is 3. The predicted octanol–water partition coefficient (Wildman–Crippen LogP) is 2.13. The second-order valence-electron chi connectivity index (χ2n) is 3.29. The fourth-order valence-electron chi connectivity index (χ4n) is 1.42. The first-order valence-corrected chi connectivity index (χ1v) is 5.23. The van der Waals surface area contributed by atoms with E-state index in [1.165, 1.54) is 0 Å². The molecule has 1 atom stereocenters. The van der Waals surface area contributed by atoms with E-state index in [1.54, 1.807) is 19.4 Å². The standard InChI is InChI=1S/C10H14BrNO2/c1-7(6-14-3)12-5-4-9(13)10(11)8(12)2/h4-5,7H,6H2,1-3H3. The summed E-state index contributed by atoms with van der Waals surface area (Å²) in [6.45, 7) is 4.60. The average molecular weight is 260 g/mol. The van der Waals surface area contributed by atoms with Crippen molar-refractivity contribution in [3.63, 3.8) is 0 Å². The van der Waals surface area contributed by atoms with Gasteiger partial charge < -0.3 is 9.30 Å². The summed E-state index contributed by atoms with van der Waals surface area (Å²) in [5.74, 6) is 0. The maximum absolute atomic E-state index is 11.3. The van der Waals surface area contributed by atoms with Crippen molar-refractivity contribution in [3.05, 3.63) is 32.7 Å². The molecule has 0 saturated carbocycles. The summed E-state index contributed by atoms with van der Waals surface area (Å²) >= 11 is 3.28. The van der Waals surface area contributed by atoms with Crippen LogP contribution in [0.5, 0.6) is 0 Å². The van der Waals surface area contributed by atoms with Crippen molar-refractivity contribution in [1.82, 2.24) is 4.57 Å². The molecule has 1 heterocycles. The van der Waals surface area contributed by atoms with Crippen LogP contribution in [0.3, 0.4) is 0 Å². The van der Waals surface area contributed by atoms with Crippen molar-refractivity contribution >= 4 is 15.9 Å². The van der Waals surface area contributed by atoms with Gasteiger partial charge in [0, 0.05) is 25.1 Å². The Bertz CT molecular complexity index is 373. The van der Waals surface area contributed by atoms with E-state index < -0.39 is 0 Å². The van der Waals surface area contributed by atoms with Gasteiger partial charge in [0.15, 0.2) is 5.43 Å². The summed E-state index contributed by atoms with van der Waals surface area (Å²) in [5, 5.41) is 0. The third-order valence-electron chi connectivity index (χ3n) is 2.19. The van der Waals surface area contributed by atoms with E-state index in [1.807, 2.05) is 18.4 Å². The van der Waals surface area contributed by atoms with Crippen molar-refractivity contribution in [1.29, 1.82) is 0 Å². The lowest BCUT2D eigenvalue weighted by Crippen LogP contribution is -2.17. The van der Waals surface area contributed by atoms with Crippen LogP contribution in [0.15, 0.2) is 21.5 Å². The number of hydrogen-bond donors (Lipinski definition) is 0. The minimum atomic E-state index is 0.0170. The van der Waals surface area contributed by atoms with Gasteiger partial charge in [-0.15, -0.1) is 0 Å². The number of ether oxygens (including phenoxy) is 1. The van der Waals surface area contributed by atoms with Gasteiger partial charge in [-0.1, -0.05) is 0 Å². The average Bonchev–Trinajstić information content (AvgIpc) is 2.15. The largest absolute Gasteiger partial charge is 0.383 e. The molecular formula is C10H14BrNO2. The van der Waals surface area contributed by atoms with Gasteiger partial charge >= 0.3 is 0 Å². The molecule has 0 N–H and O–H groups in total. The molecule has 0 amide bonds. The molecule has 0 aliphatic heterocycles. The van der Waals surface area contributed by atoms with Crippen LogP contribution in [0.2, 0.25) is 0 Å². The molecule has 0 radical (unpaired) electrons. The highest BCUT2D eigenvalue weighted by Gasteiger charge is 2.09. The maximum atomic E-state index is 11.3. The van der Waals surface area contributed by atoms with Gasteiger partial charge in [-0.2, -0.15) is 0 Å². The SMILES string of the molecule is COCC(C)n1ccc(=O)c(Br)c1C. The van der Waals surface area contributed by atoms with Gasteiger partial charge in [0.2, 0.25) is 0 Å². The van der Waals surface area contributed by atoms with E-state index in [0.717, 1.165) is 5.69 Å². The Balaban J connectivity index is 3.11. The van der Waals surface area contributed by atoms with Crippen LogP contribution in [0.4, 0.5) is 0 Å². The second kappa shape index (κ2) is 4.75. The maximum Gasteiger partial charge on any atom is 0.195 e. The molecule has 1 unspecified atom stereocenters. The van der Waals surface area contributed by atoms with E-state index in [9.17, 15) is 4.79 Å². The summed E-state index contributed by atoms with van der Waals surface area (Å²) in [6.07, 6.45) is 1.80. The van der Waals surface area contributed by atoms with E-state index in [0.29, 0.717) is 11.1 Å². The first kappa shape index (κ1) is 11.5. The molecule has 0 aromatic carbocycles. The lowest BCUT2D eigenvalue weighted by Gasteiger charge is -2.18. The third kappa shape index (κ3) is 2.25. The van der Waals surface area contributed by atoms with Crippen molar-refractivity contribution in [2.75, 3.05) is 13.7 Å². The molecule has 1 rings (SSSR count). The molecular weight excluding hydrogens is 246 g/mol. The Labute approximate surface area is 91.8 Å². The van der Waals surface area contributed by atoms with E-state index in [4.69, 9.17) is 4.74 Å². The Morgan fingerprint density at radius 1 is 1.64 bits per heavy atom. The first-order chi connectivity index (χ1) is 6.57. The molecule has 1 aromatic rings. The molecule has 14 heavy (non-hydrogen) atoms. The monoisotopic (exact) mass is 259 g/mol. The Hall–Kier alpha value is -0.610. The summed E-state index contributed by atoms with van der Waals surface area (Å²) in [7, 11) is 1.67. The first-order valence-electron chi connectivity index (χ1n) is 4.44. The molecule has 3 nitrogen and oxygen atoms in total. The van der Waals surface area contributed by atoms with Crippen LogP contribution < -0.4 is 5.43 Å². The predicted molar refractivity (Wildman–Crippen MR) is 59.7 cm³/mol. The highest BCUT2D eigenvalue weighted by atomic mass is 79.9. The van der Waals surface area contributed by atoms with Crippen molar-refractivity contribution in [2.24, 2.45) is 0 Å². The number of pyridine rings is 1. The summed E-state index contributed by atoms with van der Waals surface area (Å²) in [6, 6.07) is 1.79. The van der Waals surface area contributed by atoms with Gasteiger partial charge in [0.25, 0.3) is 0 Å². The van der Waals surface area contributed by atoms with Crippen LogP contribution in [-0.4, -0.2) is 18.3 Å². The van der Waals surface area contributed by atoms with E-state index in [2.05, 4.69) is 15.9 Å². The number of halogens is 1. The van der Waals surface area contributed by atoms with Gasteiger partial charge in [0.05, 0.1) is 17.1 Å². The fourth-order valence-corrected chi connectivity index (χ4v) is 1.76. The second-order valence-corrected chi connectivity index (χ2v) is 4.08. The van der Waals surface area contributed by atoms with Crippen molar-refractivity contribution in [3.8, 4) is 0 Å². The Morgan fingerprint density at radius 2 is 2.29 bits per heavy atom. The van der Waals surface area contributed by atoms with E-state index >= 15 is 0 Å². The van der Waals surface area contributed by atoms with Crippen LogP contribution in [0.1, 0.15) is 18.7 Å². The lowest BCUT2D eigenvalue weighted by atomic mass is 10.3. The normalized spacial score (nSPS) is 12.9. The lowest BCUT2D eigenvalue weighted by molar-refractivity contribution is 0.161. The van der Waals surface area contributed by atoms with E-state index in [-0.39, 0.29) is 11.5 Å². The minimum absolute atomic E-state index is 0.0170. The quantitative estimate of drug-likeness (QED) is 0.833. The Morgan fingerprint density at radius 3 is 2.86 bits per heavy atom. The van der Waals surface area contributed by atoms with Crippen molar-refractivity contribution in [2.45, 2.75) is 19.9 Å². The summed E-state index contributed by atoms with van der Waals surface area (Å²) in [5.41, 5.74) is 0.949. The molecule has 0 spiro atoms. The summed E-state index contributed by atoms with van der Waals surface area (Å²) in [4.78, 5) is 11.3. The number of nitrogens with zero attached hydrogens (tertiary/aromatic N) is 1. The van der Waals surface area contributed by atoms with Gasteiger partial charge in [-0.25, -0.2) is 0 Å². The van der Waals surface area contributed by atoms with Gasteiger partial charge in [-0.05, 0) is 29.8 Å². The molecule has 4 heteroatoms. The molecule has 0 fully saturated rings. The number of aromatic nitrogens is 1. The highest BCUT2D eigenvalue weighted by Crippen LogP contribution is 2.15. The fraction of sp³-hybridized carbons (Fsp3) is 0.500. The van der Waals surface area contributed by atoms with Gasteiger partial charge in [-0.3, -0.25) is 4.79 Å². The zero-order valence-electron chi connectivity index (χ0n) is 8.58. The topological polar surface area (TPSA) is 31.2 Å².